The average Bonchev–Trinajstić information content (AvgIpc) is 2.67. The first-order valence-electron chi connectivity index (χ1n) is 4.93. The van der Waals surface area contributed by atoms with E-state index in [9.17, 15) is 15.0 Å². The molecule has 1 saturated heterocycles. The van der Waals surface area contributed by atoms with E-state index in [-0.39, 0.29) is 5.75 Å². The van der Waals surface area contributed by atoms with Crippen molar-refractivity contribution in [2.24, 2.45) is 0 Å². The lowest BCUT2D eigenvalue weighted by Gasteiger charge is -2.24. The second-order valence-corrected chi connectivity index (χ2v) is 3.79. The Labute approximate surface area is 87.6 Å². The Morgan fingerprint density at radius 2 is 2.27 bits per heavy atom. The highest BCUT2D eigenvalue weighted by Crippen LogP contribution is 2.32. The topological polar surface area (TPSA) is 69.6 Å². The summed E-state index contributed by atoms with van der Waals surface area (Å²) in [7, 11) is 0. The molecule has 1 aliphatic heterocycles. The van der Waals surface area contributed by atoms with Gasteiger partial charge >= 0.3 is 5.97 Å². The Hall–Kier alpha value is -1.55. The molecule has 2 rings (SSSR count). The molecule has 1 aliphatic rings. The van der Waals surface area contributed by atoms with E-state index < -0.39 is 11.5 Å². The molecule has 3 N–H and O–H groups in total. The van der Waals surface area contributed by atoms with E-state index >= 15 is 0 Å². The number of phenols is 1. The number of nitrogens with one attached hydrogen (secondary N) is 1. The molecule has 1 heterocycles. The summed E-state index contributed by atoms with van der Waals surface area (Å²) in [5.41, 5.74) is -0.397. The van der Waals surface area contributed by atoms with Gasteiger partial charge in [0.05, 0.1) is 0 Å². The van der Waals surface area contributed by atoms with Crippen molar-refractivity contribution in [3.05, 3.63) is 29.8 Å². The molecule has 15 heavy (non-hydrogen) atoms. The molecular weight excluding hydrogens is 194 g/mol. The lowest BCUT2D eigenvalue weighted by Crippen LogP contribution is -2.44. The lowest BCUT2D eigenvalue weighted by atomic mass is 9.88. The van der Waals surface area contributed by atoms with Gasteiger partial charge in [0.15, 0.2) is 0 Å². The SMILES string of the molecule is O=C(O)[C@]1(c2cccc(O)c2)CCCN1. The molecule has 0 aromatic heterocycles. The van der Waals surface area contributed by atoms with Crippen molar-refractivity contribution in [3.8, 4) is 5.75 Å². The van der Waals surface area contributed by atoms with Gasteiger partial charge in [-0.2, -0.15) is 0 Å². The molecule has 0 bridgehead atoms. The highest BCUT2D eigenvalue weighted by molar-refractivity contribution is 5.81. The molecule has 1 fully saturated rings. The number of carbonyl (C=O) groups is 1. The number of aliphatic carboxylic acids is 1. The number of hydrogen-bond donors (Lipinski definition) is 3. The molecule has 0 amide bonds. The summed E-state index contributed by atoms with van der Waals surface area (Å²) in [6.07, 6.45) is 1.40. The summed E-state index contributed by atoms with van der Waals surface area (Å²) in [5, 5.41) is 21.6. The average molecular weight is 207 g/mol. The van der Waals surface area contributed by atoms with E-state index in [0.29, 0.717) is 18.5 Å². The number of hydrogen-bond acceptors (Lipinski definition) is 3. The van der Waals surface area contributed by atoms with Crippen LogP contribution >= 0.6 is 0 Å². The number of phenolic OH excluding ortho intramolecular Hbond substituents is 1. The van der Waals surface area contributed by atoms with Gasteiger partial charge in [0, 0.05) is 0 Å². The molecule has 1 aromatic rings. The van der Waals surface area contributed by atoms with Crippen LogP contribution < -0.4 is 5.32 Å². The zero-order valence-corrected chi connectivity index (χ0v) is 8.23. The van der Waals surface area contributed by atoms with Crippen molar-refractivity contribution >= 4 is 5.97 Å². The van der Waals surface area contributed by atoms with Crippen LogP contribution in [-0.4, -0.2) is 22.7 Å². The molecule has 1 aromatic carbocycles. The first-order chi connectivity index (χ1) is 7.15. The molecular formula is C11H13NO3. The maximum atomic E-state index is 11.3. The third-order valence-electron chi connectivity index (χ3n) is 2.86. The predicted molar refractivity (Wildman–Crippen MR) is 54.7 cm³/mol. The van der Waals surface area contributed by atoms with Crippen LogP contribution in [0.25, 0.3) is 0 Å². The molecule has 4 nitrogen and oxygen atoms in total. The third kappa shape index (κ3) is 1.57. The van der Waals surface area contributed by atoms with E-state index in [4.69, 9.17) is 0 Å². The number of carboxylic acids is 1. The first kappa shape index (κ1) is 9.98. The molecule has 4 heteroatoms. The lowest BCUT2D eigenvalue weighted by molar-refractivity contribution is -0.144. The number of carboxylic acid groups (broad SMARTS) is 1. The molecule has 80 valence electrons. The Bertz CT molecular complexity index is 383. The van der Waals surface area contributed by atoms with E-state index in [0.717, 1.165) is 6.42 Å². The summed E-state index contributed by atoms with van der Waals surface area (Å²) < 4.78 is 0. The smallest absolute Gasteiger partial charge is 0.328 e. The summed E-state index contributed by atoms with van der Waals surface area (Å²) in [6.45, 7) is 0.696. The number of rotatable bonds is 2. The normalized spacial score (nSPS) is 25.3. The van der Waals surface area contributed by atoms with E-state index in [1.165, 1.54) is 12.1 Å². The quantitative estimate of drug-likeness (QED) is 0.678. The molecule has 1 atom stereocenters. The molecule has 0 spiro atoms. The Morgan fingerprint density at radius 3 is 2.80 bits per heavy atom. The second kappa shape index (κ2) is 3.55. The van der Waals surface area contributed by atoms with E-state index in [2.05, 4.69) is 5.32 Å². The Morgan fingerprint density at radius 1 is 1.47 bits per heavy atom. The van der Waals surface area contributed by atoms with Crippen molar-refractivity contribution in [2.45, 2.75) is 18.4 Å². The molecule has 0 radical (unpaired) electrons. The minimum Gasteiger partial charge on any atom is -0.508 e. The predicted octanol–water partition coefficient (Wildman–Crippen LogP) is 1.06. The van der Waals surface area contributed by atoms with Crippen molar-refractivity contribution in [1.29, 1.82) is 0 Å². The molecule has 0 unspecified atom stereocenters. The van der Waals surface area contributed by atoms with Gasteiger partial charge in [0.1, 0.15) is 11.3 Å². The van der Waals surface area contributed by atoms with Gasteiger partial charge in [-0.1, -0.05) is 12.1 Å². The highest BCUT2D eigenvalue weighted by atomic mass is 16.4. The fourth-order valence-corrected chi connectivity index (χ4v) is 2.07. The molecule has 0 saturated carbocycles. The van der Waals surface area contributed by atoms with Crippen LogP contribution in [0.2, 0.25) is 0 Å². The van der Waals surface area contributed by atoms with Gasteiger partial charge in [0.2, 0.25) is 0 Å². The summed E-state index contributed by atoms with van der Waals surface area (Å²) >= 11 is 0. The van der Waals surface area contributed by atoms with Crippen LogP contribution in [0.4, 0.5) is 0 Å². The van der Waals surface area contributed by atoms with Crippen LogP contribution in [0.5, 0.6) is 5.75 Å². The minimum atomic E-state index is -1.02. The molecule has 0 aliphatic carbocycles. The van der Waals surface area contributed by atoms with E-state index in [1.807, 2.05) is 0 Å². The summed E-state index contributed by atoms with van der Waals surface area (Å²) in [4.78, 5) is 11.3. The fraction of sp³-hybridized carbons (Fsp3) is 0.364. The number of benzene rings is 1. The third-order valence-corrected chi connectivity index (χ3v) is 2.86. The van der Waals surface area contributed by atoms with Crippen LogP contribution in [-0.2, 0) is 10.3 Å². The van der Waals surface area contributed by atoms with Gasteiger partial charge in [0.25, 0.3) is 0 Å². The summed E-state index contributed by atoms with van der Waals surface area (Å²) in [6, 6.07) is 6.43. The second-order valence-electron chi connectivity index (χ2n) is 3.79. The summed E-state index contributed by atoms with van der Waals surface area (Å²) in [5.74, 6) is -0.785. The zero-order valence-electron chi connectivity index (χ0n) is 8.23. The van der Waals surface area contributed by atoms with Crippen LogP contribution in [0, 0.1) is 0 Å². The largest absolute Gasteiger partial charge is 0.508 e. The van der Waals surface area contributed by atoms with Crippen LogP contribution in [0.3, 0.4) is 0 Å². The fourth-order valence-electron chi connectivity index (χ4n) is 2.07. The van der Waals surface area contributed by atoms with Gasteiger partial charge in [-0.3, -0.25) is 5.32 Å². The highest BCUT2D eigenvalue weighted by Gasteiger charge is 2.42. The van der Waals surface area contributed by atoms with Gasteiger partial charge in [-0.25, -0.2) is 4.79 Å². The van der Waals surface area contributed by atoms with Gasteiger partial charge in [-0.15, -0.1) is 0 Å². The van der Waals surface area contributed by atoms with Gasteiger partial charge < -0.3 is 10.2 Å². The van der Waals surface area contributed by atoms with Crippen molar-refractivity contribution in [3.63, 3.8) is 0 Å². The van der Waals surface area contributed by atoms with Crippen molar-refractivity contribution in [2.75, 3.05) is 6.54 Å². The van der Waals surface area contributed by atoms with Crippen LogP contribution in [0.1, 0.15) is 18.4 Å². The van der Waals surface area contributed by atoms with Crippen molar-refractivity contribution < 1.29 is 15.0 Å². The standard InChI is InChI=1S/C11H13NO3/c13-9-4-1-3-8(7-9)11(10(14)15)5-2-6-12-11/h1,3-4,7,12-13H,2,5-6H2,(H,14,15)/t11-/m1/s1. The first-order valence-corrected chi connectivity index (χ1v) is 4.93. The monoisotopic (exact) mass is 207 g/mol. The zero-order chi connectivity index (χ0) is 10.9. The minimum absolute atomic E-state index is 0.0989. The maximum absolute atomic E-state index is 11.3. The maximum Gasteiger partial charge on any atom is 0.328 e. The van der Waals surface area contributed by atoms with Gasteiger partial charge in [-0.05, 0) is 37.1 Å². The Kier molecular flexibility index (Phi) is 2.36. The van der Waals surface area contributed by atoms with Crippen molar-refractivity contribution in [1.82, 2.24) is 5.32 Å². The van der Waals surface area contributed by atoms with E-state index in [1.54, 1.807) is 12.1 Å². The number of aromatic hydroxyl groups is 1. The van der Waals surface area contributed by atoms with Crippen LogP contribution in [0.15, 0.2) is 24.3 Å². The Balaban J connectivity index is 2.45.